The number of nitrogens with one attached hydrogen (secondary N) is 1. The quantitative estimate of drug-likeness (QED) is 0.905. The summed E-state index contributed by atoms with van der Waals surface area (Å²) < 4.78 is 13.8. The van der Waals surface area contributed by atoms with Crippen molar-refractivity contribution >= 4 is 23.4 Å². The lowest BCUT2D eigenvalue weighted by molar-refractivity contribution is -0.132. The Kier molecular flexibility index (Phi) is 5.14. The third-order valence-corrected chi connectivity index (χ3v) is 3.66. The molecule has 0 aromatic heterocycles. The number of benzene rings is 1. The molecule has 2 rings (SSSR count). The number of carbonyl (C=O) groups excluding carboxylic acids is 2. The van der Waals surface area contributed by atoms with Gasteiger partial charge in [-0.15, -0.1) is 0 Å². The van der Waals surface area contributed by atoms with Crippen LogP contribution >= 0.6 is 11.6 Å². The van der Waals surface area contributed by atoms with Gasteiger partial charge in [0.1, 0.15) is 0 Å². The molecule has 1 heterocycles. The van der Waals surface area contributed by atoms with Crippen molar-refractivity contribution in [3.8, 4) is 0 Å². The molecule has 5 nitrogen and oxygen atoms in total. The van der Waals surface area contributed by atoms with Crippen LogP contribution in [0.15, 0.2) is 18.2 Å². The van der Waals surface area contributed by atoms with Crippen molar-refractivity contribution in [2.75, 3.05) is 39.8 Å². The maximum Gasteiger partial charge on any atom is 0.257 e. The predicted molar refractivity (Wildman–Crippen MR) is 77.8 cm³/mol. The van der Waals surface area contributed by atoms with Crippen molar-refractivity contribution in [1.29, 1.82) is 0 Å². The van der Waals surface area contributed by atoms with Gasteiger partial charge >= 0.3 is 0 Å². The Morgan fingerprint density at radius 2 is 2.05 bits per heavy atom. The van der Waals surface area contributed by atoms with Gasteiger partial charge in [0.25, 0.3) is 5.91 Å². The van der Waals surface area contributed by atoms with Gasteiger partial charge in [-0.25, -0.2) is 4.39 Å². The molecular weight excluding hydrogens is 297 g/mol. The number of carbonyl (C=O) groups is 2. The molecule has 0 spiro atoms. The molecule has 0 aliphatic carbocycles. The Balaban J connectivity index is 2.02. The lowest BCUT2D eigenvalue weighted by Gasteiger charge is -2.29. The molecule has 114 valence electrons. The summed E-state index contributed by atoms with van der Waals surface area (Å²) in [6.45, 7) is 2.64. The zero-order chi connectivity index (χ0) is 15.4. The zero-order valence-corrected chi connectivity index (χ0v) is 12.5. The van der Waals surface area contributed by atoms with Crippen LogP contribution in [0.5, 0.6) is 0 Å². The van der Waals surface area contributed by atoms with Gasteiger partial charge in [-0.3, -0.25) is 9.59 Å². The van der Waals surface area contributed by atoms with Crippen molar-refractivity contribution in [1.82, 2.24) is 15.1 Å². The molecule has 1 aromatic rings. The average Bonchev–Trinajstić information content (AvgIpc) is 2.50. The minimum atomic E-state index is -0.759. The number of nitrogens with zero attached hydrogens (tertiary/aromatic N) is 2. The summed E-state index contributed by atoms with van der Waals surface area (Å²) in [5.74, 6) is -1.46. The minimum absolute atomic E-state index is 0.0786. The van der Waals surface area contributed by atoms with E-state index in [4.69, 9.17) is 11.6 Å². The van der Waals surface area contributed by atoms with Crippen LogP contribution < -0.4 is 5.32 Å². The highest BCUT2D eigenvalue weighted by atomic mass is 35.5. The molecule has 1 N–H and O–H groups in total. The number of likely N-dealkylation sites (N-methyl/N-ethyl adjacent to an activating group) is 1. The first-order valence-corrected chi connectivity index (χ1v) is 7.06. The number of halogens is 2. The van der Waals surface area contributed by atoms with Gasteiger partial charge in [0.2, 0.25) is 5.91 Å². The predicted octanol–water partition coefficient (Wildman–Crippen LogP) is 0.983. The van der Waals surface area contributed by atoms with Gasteiger partial charge in [-0.2, -0.15) is 0 Å². The maximum atomic E-state index is 13.8. The highest BCUT2D eigenvalue weighted by molar-refractivity contribution is 6.31. The van der Waals surface area contributed by atoms with Gasteiger partial charge in [0, 0.05) is 33.2 Å². The number of amides is 2. The first-order chi connectivity index (χ1) is 10.0. The van der Waals surface area contributed by atoms with Gasteiger partial charge in [-0.05, 0) is 12.1 Å². The summed E-state index contributed by atoms with van der Waals surface area (Å²) in [6.07, 6.45) is 0. The summed E-state index contributed by atoms with van der Waals surface area (Å²) in [5, 5.41) is 3.04. The Labute approximate surface area is 127 Å². The zero-order valence-electron chi connectivity index (χ0n) is 11.7. The number of rotatable bonds is 3. The topological polar surface area (TPSA) is 52.7 Å². The van der Waals surface area contributed by atoms with Crippen LogP contribution in [0.2, 0.25) is 5.02 Å². The molecule has 0 bridgehead atoms. The van der Waals surface area contributed by atoms with Gasteiger partial charge in [0.15, 0.2) is 5.82 Å². The first-order valence-electron chi connectivity index (χ1n) is 6.68. The van der Waals surface area contributed by atoms with Crippen molar-refractivity contribution in [3.05, 3.63) is 34.6 Å². The Morgan fingerprint density at radius 3 is 2.71 bits per heavy atom. The monoisotopic (exact) mass is 313 g/mol. The minimum Gasteiger partial charge on any atom is -0.339 e. The van der Waals surface area contributed by atoms with Crippen LogP contribution in [0, 0.1) is 5.82 Å². The van der Waals surface area contributed by atoms with E-state index in [1.165, 1.54) is 30.1 Å². The molecule has 1 saturated heterocycles. The van der Waals surface area contributed by atoms with Crippen molar-refractivity contribution < 1.29 is 14.0 Å². The van der Waals surface area contributed by atoms with E-state index < -0.39 is 11.7 Å². The highest BCUT2D eigenvalue weighted by Gasteiger charge is 2.23. The molecule has 21 heavy (non-hydrogen) atoms. The van der Waals surface area contributed by atoms with Gasteiger partial charge in [-0.1, -0.05) is 17.7 Å². The molecule has 1 aliphatic heterocycles. The van der Waals surface area contributed by atoms with E-state index >= 15 is 0 Å². The Hall–Kier alpha value is -1.66. The summed E-state index contributed by atoms with van der Waals surface area (Å²) in [7, 11) is 1.47. The number of hydrogen-bond acceptors (Lipinski definition) is 3. The van der Waals surface area contributed by atoms with Crippen LogP contribution in [-0.2, 0) is 4.79 Å². The molecule has 0 unspecified atom stereocenters. The number of hydrogen-bond donors (Lipinski definition) is 1. The van der Waals surface area contributed by atoms with Crippen molar-refractivity contribution in [3.63, 3.8) is 0 Å². The van der Waals surface area contributed by atoms with Gasteiger partial charge < -0.3 is 15.1 Å². The fourth-order valence-electron chi connectivity index (χ4n) is 2.16. The maximum absolute atomic E-state index is 13.8. The molecular formula is C14H17ClFN3O2. The normalized spacial score (nSPS) is 14.9. The van der Waals surface area contributed by atoms with Crippen molar-refractivity contribution in [2.45, 2.75) is 0 Å². The lowest BCUT2D eigenvalue weighted by atomic mass is 10.2. The molecule has 1 aromatic carbocycles. The molecule has 0 atom stereocenters. The molecule has 0 radical (unpaired) electrons. The fraction of sp³-hybridized carbons (Fsp3) is 0.429. The van der Waals surface area contributed by atoms with E-state index in [-0.39, 0.29) is 23.0 Å². The smallest absolute Gasteiger partial charge is 0.257 e. The third kappa shape index (κ3) is 3.71. The highest BCUT2D eigenvalue weighted by Crippen LogP contribution is 2.19. The molecule has 1 fully saturated rings. The van der Waals surface area contributed by atoms with E-state index in [1.54, 1.807) is 4.90 Å². The van der Waals surface area contributed by atoms with E-state index in [1.807, 2.05) is 0 Å². The largest absolute Gasteiger partial charge is 0.339 e. The molecule has 2 amide bonds. The van der Waals surface area contributed by atoms with Crippen LogP contribution in [-0.4, -0.2) is 61.4 Å². The van der Waals surface area contributed by atoms with Gasteiger partial charge in [0.05, 0.1) is 17.1 Å². The van der Waals surface area contributed by atoms with Crippen LogP contribution in [0.25, 0.3) is 0 Å². The second-order valence-electron chi connectivity index (χ2n) is 4.89. The molecule has 1 aliphatic rings. The fourth-order valence-corrected chi connectivity index (χ4v) is 2.34. The van der Waals surface area contributed by atoms with E-state index in [0.717, 1.165) is 13.1 Å². The SMILES string of the molecule is CN(CC(=O)N1CCNCC1)C(=O)c1cccc(Cl)c1F. The van der Waals surface area contributed by atoms with Crippen LogP contribution in [0.4, 0.5) is 4.39 Å². The van der Waals surface area contributed by atoms with E-state index in [9.17, 15) is 14.0 Å². The average molecular weight is 314 g/mol. The molecule has 0 saturated carbocycles. The van der Waals surface area contributed by atoms with Crippen LogP contribution in [0.1, 0.15) is 10.4 Å². The van der Waals surface area contributed by atoms with Crippen molar-refractivity contribution in [2.24, 2.45) is 0 Å². The summed E-state index contributed by atoms with van der Waals surface area (Å²) in [4.78, 5) is 27.2. The van der Waals surface area contributed by atoms with E-state index in [2.05, 4.69) is 5.32 Å². The standard InChI is InChI=1S/C14H17ClFN3O2/c1-18(9-12(20)19-7-5-17-6-8-19)14(21)10-3-2-4-11(15)13(10)16/h2-4,17H,5-9H2,1H3. The summed E-state index contributed by atoms with van der Waals surface area (Å²) in [5.41, 5.74) is -0.127. The molecule has 7 heteroatoms. The summed E-state index contributed by atoms with van der Waals surface area (Å²) >= 11 is 5.66. The number of piperazine rings is 1. The Morgan fingerprint density at radius 1 is 1.38 bits per heavy atom. The second-order valence-corrected chi connectivity index (χ2v) is 5.30. The van der Waals surface area contributed by atoms with Crippen LogP contribution in [0.3, 0.4) is 0 Å². The Bertz CT molecular complexity index is 547. The second kappa shape index (κ2) is 6.87. The third-order valence-electron chi connectivity index (χ3n) is 3.37. The lowest BCUT2D eigenvalue weighted by Crippen LogP contribution is -2.49. The van der Waals surface area contributed by atoms with E-state index in [0.29, 0.717) is 13.1 Å². The summed E-state index contributed by atoms with van der Waals surface area (Å²) in [6, 6.07) is 4.24. The first kappa shape index (κ1) is 15.7.